The number of halogens is 1. The maximum absolute atomic E-state index is 18.7. The first kappa shape index (κ1) is 27.1. The van der Waals surface area contributed by atoms with Crippen LogP contribution in [-0.2, 0) is 0 Å². The lowest BCUT2D eigenvalue weighted by Crippen LogP contribution is -2.05. The van der Waals surface area contributed by atoms with Crippen molar-refractivity contribution in [3.63, 3.8) is 0 Å². The summed E-state index contributed by atoms with van der Waals surface area (Å²) in [6.45, 7) is 9.09. The van der Waals surface area contributed by atoms with Crippen molar-refractivity contribution >= 4 is 90.5 Å². The number of aromatic nitrogens is 1. The highest BCUT2D eigenvalue weighted by molar-refractivity contribution is 7.28. The van der Waals surface area contributed by atoms with Gasteiger partial charge in [0, 0.05) is 52.8 Å². The summed E-state index contributed by atoms with van der Waals surface area (Å²) in [5, 5.41) is 15.7. The van der Waals surface area contributed by atoms with Crippen LogP contribution < -0.4 is 0 Å². The highest BCUT2D eigenvalue weighted by Gasteiger charge is 2.31. The molecule has 0 saturated carbocycles. The average molecular weight is 838 g/mol. The van der Waals surface area contributed by atoms with Gasteiger partial charge in [0.15, 0.2) is 0 Å². The zero-order chi connectivity index (χ0) is 50.2. The summed E-state index contributed by atoms with van der Waals surface area (Å²) >= 11 is 2.94. The van der Waals surface area contributed by atoms with E-state index < -0.39 is 99.7 Å². The van der Waals surface area contributed by atoms with Crippen molar-refractivity contribution in [3.05, 3.63) is 205 Å². The fraction of sp³-hybridized carbons (Fsp3) is 0. The molecule has 0 aliphatic carbocycles. The quantitative estimate of drug-likeness (QED) is 0.159. The molecule has 3 heterocycles. The van der Waals surface area contributed by atoms with Gasteiger partial charge in [0.1, 0.15) is 11.9 Å². The summed E-state index contributed by atoms with van der Waals surface area (Å²) in [5.74, 6) is -1.42. The van der Waals surface area contributed by atoms with Gasteiger partial charge in [0.25, 0.3) is 0 Å². The van der Waals surface area contributed by atoms with Gasteiger partial charge in [-0.25, -0.2) is 9.24 Å². The van der Waals surface area contributed by atoms with E-state index in [1.165, 1.54) is 22.7 Å². The summed E-state index contributed by atoms with van der Waals surface area (Å²) in [6, 6.07) is 33.6. The molecule has 0 bridgehead atoms. The van der Waals surface area contributed by atoms with Crippen LogP contribution in [0.3, 0.4) is 0 Å². The first-order valence-electron chi connectivity index (χ1n) is 24.5. The minimum absolute atomic E-state index is 0.344. The fourth-order valence-electron chi connectivity index (χ4n) is 8.95. The molecule has 0 spiro atoms. The van der Waals surface area contributed by atoms with Crippen molar-refractivity contribution in [1.29, 1.82) is 5.26 Å². The molecule has 3 nitrogen and oxygen atoms in total. The van der Waals surface area contributed by atoms with Crippen LogP contribution >= 0.6 is 22.7 Å². The van der Waals surface area contributed by atoms with E-state index in [9.17, 15) is 8.00 Å². The number of benzene rings is 9. The van der Waals surface area contributed by atoms with E-state index in [1.807, 2.05) is 127 Å². The van der Waals surface area contributed by atoms with Gasteiger partial charge < -0.3 is 4.57 Å². The molecule has 288 valence electrons. The molecule has 6 heteroatoms. The smallest absolute Gasteiger partial charge is 0.220 e. The Labute approximate surface area is 377 Å². The van der Waals surface area contributed by atoms with Crippen molar-refractivity contribution in [1.82, 2.24) is 4.57 Å². The van der Waals surface area contributed by atoms with Crippen LogP contribution in [0.15, 0.2) is 182 Å². The predicted octanol–water partition coefficient (Wildman–Crippen LogP) is 16.7. The Bertz CT molecular complexity index is 4270. The Hall–Kier alpha value is -7.87. The lowest BCUT2D eigenvalue weighted by molar-refractivity contribution is 0.627. The van der Waals surface area contributed by atoms with Crippen LogP contribution in [0.4, 0.5) is 10.1 Å². The van der Waals surface area contributed by atoms with Gasteiger partial charge in [-0.3, -0.25) is 0 Å². The maximum atomic E-state index is 18.7. The number of nitriles is 1. The van der Waals surface area contributed by atoms with Gasteiger partial charge in [-0.05, 0) is 33.4 Å². The first-order chi connectivity index (χ1) is 34.8. The molecule has 3 aromatic heterocycles. The Balaban J connectivity index is 1.39. The lowest BCUT2D eigenvalue weighted by atomic mass is 9.90. The van der Waals surface area contributed by atoms with E-state index in [0.29, 0.717) is 31.2 Å². The molecule has 12 rings (SSSR count). The molecular weight excluding hydrogens is 798 g/mol. The van der Waals surface area contributed by atoms with E-state index in [1.54, 1.807) is 4.57 Å². The van der Waals surface area contributed by atoms with Crippen LogP contribution in [0.2, 0.25) is 0 Å². The monoisotopic (exact) mass is 837 g/mol. The predicted molar refractivity (Wildman–Crippen MR) is 259 cm³/mol. The molecule has 9 aromatic carbocycles. The van der Waals surface area contributed by atoms with Gasteiger partial charge in [0.05, 0.1) is 52.0 Å². The number of hydrogen-bond acceptors (Lipinski definition) is 3. The summed E-state index contributed by atoms with van der Waals surface area (Å²) < 4.78 is 112. The largest absolute Gasteiger partial charge is 0.316 e. The molecule has 0 saturated heterocycles. The molecule has 0 aliphatic rings. The zero-order valence-corrected chi connectivity index (χ0v) is 33.7. The van der Waals surface area contributed by atoms with Crippen molar-refractivity contribution in [2.45, 2.75) is 0 Å². The van der Waals surface area contributed by atoms with Gasteiger partial charge in [-0.15, -0.1) is 22.7 Å². The van der Waals surface area contributed by atoms with E-state index in [0.717, 1.165) is 53.2 Å². The topological polar surface area (TPSA) is 33.1 Å². The lowest BCUT2D eigenvalue weighted by Gasteiger charge is -2.21. The van der Waals surface area contributed by atoms with Crippen molar-refractivity contribution in [3.8, 4) is 56.3 Å². The molecular formula is C56H30FN3S2. The summed E-state index contributed by atoms with van der Waals surface area (Å²) in [5.41, 5.74) is 0.414. The Morgan fingerprint density at radius 1 is 0.516 bits per heavy atom. The molecule has 0 N–H and O–H groups in total. The van der Waals surface area contributed by atoms with Crippen LogP contribution in [0.5, 0.6) is 0 Å². The molecule has 0 aliphatic heterocycles. The third-order valence-electron chi connectivity index (χ3n) is 11.5. The van der Waals surface area contributed by atoms with E-state index >= 15 is 4.39 Å². The van der Waals surface area contributed by atoms with Crippen molar-refractivity contribution < 1.29 is 18.1 Å². The molecule has 0 fully saturated rings. The molecule has 0 amide bonds. The Kier molecular flexibility index (Phi) is 6.16. The minimum atomic E-state index is -1.42. The van der Waals surface area contributed by atoms with Crippen LogP contribution in [0.1, 0.15) is 19.3 Å². The molecule has 0 radical (unpaired) electrons. The number of nitrogens with zero attached hydrogens (tertiary/aromatic N) is 3. The number of fused-ring (bicyclic) bond motifs is 11. The van der Waals surface area contributed by atoms with Crippen LogP contribution in [0, 0.1) is 23.7 Å². The molecule has 62 heavy (non-hydrogen) atoms. The fourth-order valence-corrected chi connectivity index (χ4v) is 11.7. The first-order valence-corrected chi connectivity index (χ1v) is 21.1. The van der Waals surface area contributed by atoms with Crippen LogP contribution in [0.25, 0.3) is 117 Å². The highest BCUT2D eigenvalue weighted by atomic mass is 32.1. The normalized spacial score (nSPS) is 13.9. The van der Waals surface area contributed by atoms with Gasteiger partial charge in [-0.1, -0.05) is 182 Å². The second-order valence-corrected chi connectivity index (χ2v) is 16.7. The summed E-state index contributed by atoms with van der Waals surface area (Å²) in [6.07, 6.45) is 0. The third kappa shape index (κ3) is 5.18. The van der Waals surface area contributed by atoms with Crippen molar-refractivity contribution in [2.75, 3.05) is 0 Å². The van der Waals surface area contributed by atoms with E-state index in [-0.39, 0.29) is 5.69 Å². The second kappa shape index (κ2) is 14.1. The molecule has 0 atom stereocenters. The summed E-state index contributed by atoms with van der Waals surface area (Å²) in [7, 11) is 0. The average Bonchev–Trinajstić information content (AvgIpc) is 4.09. The number of rotatable bonds is 5. The zero-order valence-electron chi connectivity index (χ0n) is 42.1. The Morgan fingerprint density at radius 3 is 1.44 bits per heavy atom. The number of thiophene rings is 2. The van der Waals surface area contributed by atoms with Gasteiger partial charge in [-0.2, -0.15) is 5.26 Å². The van der Waals surface area contributed by atoms with E-state index in [4.69, 9.17) is 17.5 Å². The van der Waals surface area contributed by atoms with Crippen molar-refractivity contribution in [2.24, 2.45) is 0 Å². The highest BCUT2D eigenvalue weighted by Crippen LogP contribution is 2.54. The molecule has 0 unspecified atom stereocenters. The number of hydrogen-bond donors (Lipinski definition) is 0. The standard InChI is InChI=1S/C56H30FN3S2/c1-59-49-46(35-20-10-4-11-21-35)45(32-58)48(57)47(36-22-12-5-13-23-36)52(49)60-50-39(28-30-43-41-26-14-24-37(53(41)61-55(43)50)33-16-6-2-7-17-33)40-29-31-44-42-27-15-25-38(34-18-8-3-9-19-34)54(42)62-56(44)51(40)60/h2-31H/i4D,5D,10D,11D,12D,13D,20D,21D,22D,23D. The van der Waals surface area contributed by atoms with Crippen LogP contribution in [-0.4, -0.2) is 4.57 Å². The second-order valence-electron chi connectivity index (χ2n) is 14.7. The minimum Gasteiger partial charge on any atom is -0.316 e. The third-order valence-corrected chi connectivity index (χ3v) is 14.0. The van der Waals surface area contributed by atoms with Gasteiger partial charge >= 0.3 is 0 Å². The Morgan fingerprint density at radius 2 is 0.968 bits per heavy atom. The van der Waals surface area contributed by atoms with Gasteiger partial charge in [0.2, 0.25) is 5.69 Å². The maximum Gasteiger partial charge on any atom is 0.220 e. The van der Waals surface area contributed by atoms with E-state index in [2.05, 4.69) is 4.85 Å². The summed E-state index contributed by atoms with van der Waals surface area (Å²) in [4.78, 5) is 4.02. The SMILES string of the molecule is [2H]c1c([2H])c([2H])c(-c2c(C#N)c(F)c(-c3c([2H])c([2H])c([2H])c([2H])c3[2H])c(-n3c4c(ccc5c6cccc(-c7ccccc7)c6sc54)c4ccc5c6cccc(-c7ccccc7)c6sc5c43)c2[N+]#[C-])c([2H])c1[2H]. The molecule has 12 aromatic rings.